The van der Waals surface area contributed by atoms with Crippen molar-refractivity contribution < 1.29 is 13.2 Å². The van der Waals surface area contributed by atoms with Gasteiger partial charge in [-0.2, -0.15) is 5.10 Å². The number of anilines is 1. The molecular formula is C11H13N3O3S. The Morgan fingerprint density at radius 3 is 2.61 bits per heavy atom. The van der Waals surface area contributed by atoms with E-state index in [9.17, 15) is 8.42 Å². The quantitative estimate of drug-likeness (QED) is 0.862. The van der Waals surface area contributed by atoms with Gasteiger partial charge in [-0.3, -0.25) is 9.82 Å². The number of rotatable bonds is 5. The van der Waals surface area contributed by atoms with Gasteiger partial charge in [-0.15, -0.1) is 0 Å². The van der Waals surface area contributed by atoms with Crippen LogP contribution in [0.3, 0.4) is 0 Å². The fourth-order valence-corrected chi connectivity index (χ4v) is 2.44. The first-order chi connectivity index (χ1) is 8.62. The van der Waals surface area contributed by atoms with Crippen LogP contribution in [0.25, 0.3) is 0 Å². The first kappa shape index (κ1) is 12.4. The van der Waals surface area contributed by atoms with Crippen LogP contribution >= 0.6 is 0 Å². The highest BCUT2D eigenvalue weighted by atomic mass is 32.2. The lowest BCUT2D eigenvalue weighted by atomic mass is 10.3. The number of aromatic nitrogens is 2. The predicted octanol–water partition coefficient (Wildman–Crippen LogP) is 1.61. The molecule has 1 aromatic heterocycles. The molecule has 0 aliphatic carbocycles. The zero-order chi connectivity index (χ0) is 13.0. The normalized spacial score (nSPS) is 11.2. The summed E-state index contributed by atoms with van der Waals surface area (Å²) in [7, 11) is -3.58. The third kappa shape index (κ3) is 2.80. The van der Waals surface area contributed by atoms with Gasteiger partial charge in [-0.05, 0) is 31.2 Å². The maximum absolute atomic E-state index is 12.0. The zero-order valence-corrected chi connectivity index (χ0v) is 10.6. The van der Waals surface area contributed by atoms with Gasteiger partial charge in [0.05, 0.1) is 23.4 Å². The molecule has 0 saturated heterocycles. The highest BCUT2D eigenvalue weighted by Crippen LogP contribution is 2.18. The predicted molar refractivity (Wildman–Crippen MR) is 67.0 cm³/mol. The summed E-state index contributed by atoms with van der Waals surface area (Å²) in [6.07, 6.45) is 2.86. The van der Waals surface area contributed by atoms with Gasteiger partial charge in [0, 0.05) is 6.20 Å². The molecule has 1 aromatic carbocycles. The molecule has 2 N–H and O–H groups in total. The lowest BCUT2D eigenvalue weighted by molar-refractivity contribution is 0.340. The summed E-state index contributed by atoms with van der Waals surface area (Å²) in [5.41, 5.74) is 0.392. The van der Waals surface area contributed by atoms with Crippen LogP contribution in [0.15, 0.2) is 41.6 Å². The monoisotopic (exact) mass is 267 g/mol. The topological polar surface area (TPSA) is 84.1 Å². The lowest BCUT2D eigenvalue weighted by Gasteiger charge is -2.07. The number of hydrogen-bond acceptors (Lipinski definition) is 4. The van der Waals surface area contributed by atoms with E-state index in [-0.39, 0.29) is 4.90 Å². The molecule has 0 atom stereocenters. The Kier molecular flexibility index (Phi) is 3.52. The number of H-pyrrole nitrogens is 1. The van der Waals surface area contributed by atoms with Crippen LogP contribution in [0.2, 0.25) is 0 Å². The smallest absolute Gasteiger partial charge is 0.261 e. The van der Waals surface area contributed by atoms with E-state index in [0.29, 0.717) is 18.0 Å². The second kappa shape index (κ2) is 5.09. The van der Waals surface area contributed by atoms with Crippen LogP contribution in [0, 0.1) is 0 Å². The van der Waals surface area contributed by atoms with Crippen LogP contribution in [0.1, 0.15) is 6.92 Å². The minimum atomic E-state index is -3.58. The summed E-state index contributed by atoms with van der Waals surface area (Å²) < 4.78 is 31.6. The second-order valence-corrected chi connectivity index (χ2v) is 5.18. The molecule has 0 spiro atoms. The van der Waals surface area contributed by atoms with E-state index in [4.69, 9.17) is 4.74 Å². The van der Waals surface area contributed by atoms with Crippen molar-refractivity contribution in [3.8, 4) is 5.75 Å². The molecule has 6 nitrogen and oxygen atoms in total. The van der Waals surface area contributed by atoms with Crippen molar-refractivity contribution in [1.82, 2.24) is 10.2 Å². The van der Waals surface area contributed by atoms with Gasteiger partial charge < -0.3 is 4.74 Å². The molecule has 0 unspecified atom stereocenters. The molecule has 0 amide bonds. The average molecular weight is 267 g/mol. The van der Waals surface area contributed by atoms with E-state index in [2.05, 4.69) is 14.9 Å². The van der Waals surface area contributed by atoms with E-state index in [1.165, 1.54) is 24.5 Å². The molecular weight excluding hydrogens is 254 g/mol. The SMILES string of the molecule is CCOc1ccc(S(=O)(=O)Nc2cn[nH]c2)cc1. The first-order valence-corrected chi connectivity index (χ1v) is 6.84. The third-order valence-corrected chi connectivity index (χ3v) is 3.59. The van der Waals surface area contributed by atoms with E-state index in [0.717, 1.165) is 0 Å². The standard InChI is InChI=1S/C11H13N3O3S/c1-2-17-10-3-5-11(6-4-10)18(15,16)14-9-7-12-13-8-9/h3-8,14H,2H2,1H3,(H,12,13). The number of aromatic amines is 1. The Labute approximate surface area is 105 Å². The van der Waals surface area contributed by atoms with Gasteiger partial charge in [-0.25, -0.2) is 8.42 Å². The molecule has 7 heteroatoms. The maximum Gasteiger partial charge on any atom is 0.261 e. The fraction of sp³-hybridized carbons (Fsp3) is 0.182. The first-order valence-electron chi connectivity index (χ1n) is 5.36. The van der Waals surface area contributed by atoms with E-state index < -0.39 is 10.0 Å². The van der Waals surface area contributed by atoms with Crippen LogP contribution in [-0.2, 0) is 10.0 Å². The number of nitrogens with zero attached hydrogens (tertiary/aromatic N) is 1. The van der Waals surface area contributed by atoms with Gasteiger partial charge in [0.25, 0.3) is 10.0 Å². The van der Waals surface area contributed by atoms with Gasteiger partial charge in [-0.1, -0.05) is 0 Å². The summed E-state index contributed by atoms with van der Waals surface area (Å²) in [6.45, 7) is 2.41. The molecule has 0 aliphatic rings. The number of hydrogen-bond donors (Lipinski definition) is 2. The Morgan fingerprint density at radius 2 is 2.06 bits per heavy atom. The van der Waals surface area contributed by atoms with Crippen LogP contribution in [-0.4, -0.2) is 25.2 Å². The van der Waals surface area contributed by atoms with Crippen molar-refractivity contribution in [2.24, 2.45) is 0 Å². The van der Waals surface area contributed by atoms with E-state index >= 15 is 0 Å². The Morgan fingerprint density at radius 1 is 1.33 bits per heavy atom. The Bertz CT molecular complexity index is 591. The molecule has 0 saturated carbocycles. The van der Waals surface area contributed by atoms with Crippen molar-refractivity contribution in [2.45, 2.75) is 11.8 Å². The third-order valence-electron chi connectivity index (χ3n) is 2.20. The largest absolute Gasteiger partial charge is 0.494 e. The van der Waals surface area contributed by atoms with Gasteiger partial charge in [0.2, 0.25) is 0 Å². The Hall–Kier alpha value is -2.02. The molecule has 0 radical (unpaired) electrons. The molecule has 0 aliphatic heterocycles. The Balaban J connectivity index is 2.19. The van der Waals surface area contributed by atoms with Crippen LogP contribution < -0.4 is 9.46 Å². The number of nitrogens with one attached hydrogen (secondary N) is 2. The number of sulfonamides is 1. The van der Waals surface area contributed by atoms with Crippen molar-refractivity contribution in [2.75, 3.05) is 11.3 Å². The molecule has 0 fully saturated rings. The van der Waals surface area contributed by atoms with Gasteiger partial charge >= 0.3 is 0 Å². The summed E-state index contributed by atoms with van der Waals surface area (Å²) in [4.78, 5) is 0.173. The number of ether oxygens (including phenoxy) is 1. The minimum absolute atomic E-state index is 0.173. The van der Waals surface area contributed by atoms with Crippen molar-refractivity contribution in [1.29, 1.82) is 0 Å². The molecule has 2 rings (SSSR count). The number of benzene rings is 1. The average Bonchev–Trinajstić information content (AvgIpc) is 2.82. The lowest BCUT2D eigenvalue weighted by Crippen LogP contribution is -2.12. The maximum atomic E-state index is 12.0. The van der Waals surface area contributed by atoms with E-state index in [1.807, 2.05) is 6.92 Å². The van der Waals surface area contributed by atoms with Crippen LogP contribution in [0.5, 0.6) is 5.75 Å². The van der Waals surface area contributed by atoms with Crippen molar-refractivity contribution in [3.63, 3.8) is 0 Å². The minimum Gasteiger partial charge on any atom is -0.494 e. The molecule has 96 valence electrons. The zero-order valence-electron chi connectivity index (χ0n) is 9.75. The van der Waals surface area contributed by atoms with E-state index in [1.54, 1.807) is 12.1 Å². The molecule has 1 heterocycles. The van der Waals surface area contributed by atoms with Crippen molar-refractivity contribution >= 4 is 15.7 Å². The molecule has 0 bridgehead atoms. The van der Waals surface area contributed by atoms with Gasteiger partial charge in [0.1, 0.15) is 5.75 Å². The summed E-state index contributed by atoms with van der Waals surface area (Å²) in [5, 5.41) is 6.20. The highest BCUT2D eigenvalue weighted by molar-refractivity contribution is 7.92. The summed E-state index contributed by atoms with van der Waals surface area (Å²) >= 11 is 0. The van der Waals surface area contributed by atoms with Crippen molar-refractivity contribution in [3.05, 3.63) is 36.7 Å². The molecule has 18 heavy (non-hydrogen) atoms. The van der Waals surface area contributed by atoms with Gasteiger partial charge in [0.15, 0.2) is 0 Å². The summed E-state index contributed by atoms with van der Waals surface area (Å²) in [6, 6.07) is 6.22. The van der Waals surface area contributed by atoms with Crippen LogP contribution in [0.4, 0.5) is 5.69 Å². The highest BCUT2D eigenvalue weighted by Gasteiger charge is 2.14. The fourth-order valence-electron chi connectivity index (χ4n) is 1.40. The molecule has 2 aromatic rings. The second-order valence-electron chi connectivity index (χ2n) is 3.50. The summed E-state index contributed by atoms with van der Waals surface area (Å²) in [5.74, 6) is 0.639.